The first-order valence-electron chi connectivity index (χ1n) is 48.2. The van der Waals surface area contributed by atoms with Crippen LogP contribution in [0.1, 0.15) is 157 Å². The van der Waals surface area contributed by atoms with Gasteiger partial charge in [0.05, 0.1) is 42.7 Å². The zero-order valence-electron chi connectivity index (χ0n) is 91.1. The number of benzene rings is 6. The lowest BCUT2D eigenvalue weighted by Crippen LogP contribution is -2.40. The number of rotatable bonds is 26. The Hall–Kier alpha value is -7.92. The van der Waals surface area contributed by atoms with Crippen LogP contribution in [-0.2, 0) is 85.1 Å². The second-order valence-corrected chi connectivity index (χ2v) is 21.8. The summed E-state index contributed by atoms with van der Waals surface area (Å²) in [4.78, 5) is 63.3. The smallest absolute Gasteiger partial charge is 0.336 e. The first-order valence-corrected chi connectivity index (χ1v) is 30.2. The zero-order valence-corrected chi connectivity index (χ0v) is 52.8. The number of likely N-dealkylation sites (N-methyl/N-ethyl adjacent to an activating group) is 2. The summed E-state index contributed by atoms with van der Waals surface area (Å²) in [6.45, 7) is -36.2. The molecule has 1 atom stereocenters. The molecule has 2 heterocycles. The van der Waals surface area contributed by atoms with E-state index >= 15 is 9.59 Å². The standard InChI is InChI=1S/2C37H40F4N4O2S/c1-4-43(5-2)18-19-44(22-26-6-10-28(11-7-26)29-12-14-30(15-13-29)37(39,40)41)34(46)23-45-33-21-25(3)20-32(33)35(47)42-36(45)48-24-27-8-16-31(38)17-9-27;1-4-43(5-2)19-20-44(22-26-9-13-28(14-10-26)29-15-18-32(25(3)21-29)37(39,40)41)34(46)23-45-33-8-6-7-31(33)35(47)42-36(45)48-24-27-11-16-30(38)17-12-27/h6-17,25H,4-5,18-24H2,1-3H3;9-18,21H,4-8,19-20,22-24H2,1-3H3/i4D2,5D2,8D,9D,16D,17D,18D2,19D2,20D2,21D2,22D2,25D;4D2,5D2,9D,10D,11D,12D,13D,14D,15D,16D,17D,18D,19D2,20D2,21D,22D2. The summed E-state index contributed by atoms with van der Waals surface area (Å²) in [6.07, 6.45) is -16.1. The van der Waals surface area contributed by atoms with Crippen molar-refractivity contribution in [3.63, 3.8) is 0 Å². The summed E-state index contributed by atoms with van der Waals surface area (Å²) in [6, 6.07) is -9.71. The van der Waals surface area contributed by atoms with Crippen molar-refractivity contribution in [2.45, 2.75) is 134 Å². The van der Waals surface area contributed by atoms with Crippen LogP contribution in [0.15, 0.2) is 159 Å². The van der Waals surface area contributed by atoms with Gasteiger partial charge in [-0.2, -0.15) is 36.3 Å². The predicted octanol–water partition coefficient (Wildman–Crippen LogP) is 15.0. The quantitative estimate of drug-likeness (QED) is 0.0295. The van der Waals surface area contributed by atoms with E-state index in [4.69, 9.17) is 43.9 Å². The largest absolute Gasteiger partial charge is 0.416 e. The third-order valence-corrected chi connectivity index (χ3v) is 15.5. The van der Waals surface area contributed by atoms with Crippen LogP contribution < -0.4 is 11.1 Å². The molecule has 0 saturated heterocycles. The summed E-state index contributed by atoms with van der Waals surface area (Å²) in [5.41, 5.74) is -13.1. The lowest BCUT2D eigenvalue weighted by Gasteiger charge is -2.28. The van der Waals surface area contributed by atoms with Gasteiger partial charge < -0.3 is 28.7 Å². The molecule has 0 aliphatic heterocycles. The van der Waals surface area contributed by atoms with Crippen LogP contribution in [-0.4, -0.2) is 102 Å². The number of hydrogen-bond donors (Lipinski definition) is 0. The van der Waals surface area contributed by atoms with Crippen LogP contribution in [0, 0.1) is 24.5 Å². The lowest BCUT2D eigenvalue weighted by atomic mass is 9.98. The minimum Gasteiger partial charge on any atom is -0.336 e. The van der Waals surface area contributed by atoms with Gasteiger partial charge in [-0.1, -0.05) is 155 Å². The average molecular weight is 1400 g/mol. The van der Waals surface area contributed by atoms with E-state index in [1.165, 1.54) is 0 Å². The molecular weight excluding hydrogens is 1280 g/mol. The van der Waals surface area contributed by atoms with Gasteiger partial charge in [0.25, 0.3) is 11.1 Å². The molecule has 1 unspecified atom stereocenters. The fourth-order valence-corrected chi connectivity index (χ4v) is 10.7. The van der Waals surface area contributed by atoms with Crippen LogP contribution in [0.2, 0.25) is 0 Å². The van der Waals surface area contributed by atoms with Crippen molar-refractivity contribution in [3.8, 4) is 22.3 Å². The van der Waals surface area contributed by atoms with Gasteiger partial charge in [-0.15, -0.1) is 0 Å². The molecule has 12 nitrogen and oxygen atoms in total. The Morgan fingerprint density at radius 2 is 1.03 bits per heavy atom. The van der Waals surface area contributed by atoms with Gasteiger partial charge in [-0.25, -0.2) is 8.78 Å². The topological polar surface area (TPSA) is 117 Å². The van der Waals surface area contributed by atoms with Crippen molar-refractivity contribution >= 4 is 35.3 Å². The Bertz CT molecular complexity index is 6100. The van der Waals surface area contributed by atoms with Crippen molar-refractivity contribution < 1.29 is 99.5 Å². The molecule has 508 valence electrons. The van der Waals surface area contributed by atoms with E-state index in [-0.39, 0.29) is 63.2 Å². The lowest BCUT2D eigenvalue weighted by molar-refractivity contribution is -0.138. The molecule has 96 heavy (non-hydrogen) atoms. The van der Waals surface area contributed by atoms with E-state index in [2.05, 4.69) is 9.97 Å². The van der Waals surface area contributed by atoms with Crippen LogP contribution in [0.25, 0.3) is 22.3 Å². The van der Waals surface area contributed by atoms with E-state index in [9.17, 15) is 55.7 Å². The van der Waals surface area contributed by atoms with Gasteiger partial charge in [0, 0.05) is 96.3 Å². The summed E-state index contributed by atoms with van der Waals surface area (Å²) in [5, 5.41) is -1.28. The number of aromatic nitrogens is 4. The van der Waals surface area contributed by atoms with Crippen molar-refractivity contribution in [2.24, 2.45) is 5.89 Å². The Morgan fingerprint density at radius 3 is 1.52 bits per heavy atom. The van der Waals surface area contributed by atoms with E-state index in [0.717, 1.165) is 66.9 Å². The normalized spacial score (nSPS) is 23.0. The van der Waals surface area contributed by atoms with Crippen LogP contribution >= 0.6 is 23.5 Å². The maximum Gasteiger partial charge on any atom is 0.416 e. The summed E-state index contributed by atoms with van der Waals surface area (Å²) < 4.78 is 458. The second kappa shape index (κ2) is 32.9. The third kappa shape index (κ3) is 19.0. The molecule has 0 bridgehead atoms. The first-order chi connectivity index (χ1) is 61.3. The van der Waals surface area contributed by atoms with Gasteiger partial charge in [0.1, 0.15) is 24.7 Å². The number of halogens is 8. The van der Waals surface area contributed by atoms with E-state index in [0.29, 0.717) is 44.0 Å². The Kier molecular flexibility index (Phi) is 12.4. The second-order valence-electron chi connectivity index (χ2n) is 20.0. The molecule has 10 rings (SSSR count). The number of carbonyl (C=O) groups excluding carboxylic acids is 2. The van der Waals surface area contributed by atoms with Crippen molar-refractivity contribution in [1.29, 1.82) is 0 Å². The molecule has 6 aromatic carbocycles. The Labute approximate surface area is 620 Å². The highest BCUT2D eigenvalue weighted by molar-refractivity contribution is 7.98. The minimum atomic E-state index is -5.27. The zero-order chi connectivity index (χ0) is 104. The average Bonchev–Trinajstić information content (AvgIpc) is 1.41. The number of fused-ring (bicyclic) bond motifs is 2. The first kappa shape index (κ1) is 36.1. The fraction of sp³-hybridized carbons (Fsp3) is 0.378. The van der Waals surface area contributed by atoms with Crippen molar-refractivity contribution in [3.05, 3.63) is 233 Å². The molecule has 22 heteroatoms. The molecule has 2 aromatic heterocycles. The van der Waals surface area contributed by atoms with Crippen LogP contribution in [0.4, 0.5) is 35.1 Å². The van der Waals surface area contributed by atoms with Gasteiger partial charge >= 0.3 is 12.4 Å². The van der Waals surface area contributed by atoms with E-state index in [1.807, 2.05) is 0 Å². The summed E-state index contributed by atoms with van der Waals surface area (Å²) >= 11 is 0.783. The molecule has 2 aliphatic rings. The Morgan fingerprint density at radius 1 is 0.573 bits per heavy atom. The maximum atomic E-state index is 15.1. The van der Waals surface area contributed by atoms with Crippen LogP contribution in [0.5, 0.6) is 0 Å². The molecule has 8 aromatic rings. The summed E-state index contributed by atoms with van der Waals surface area (Å²) in [5.74, 6) is -11.0. The van der Waals surface area contributed by atoms with Crippen molar-refractivity contribution in [1.82, 2.24) is 38.7 Å². The number of thioether (sulfide) groups is 2. The SMILES string of the molecule is [2H]c1c([2H])c(CSc2nc(=O)c3c(n2CC(=O)N(C([2H])([2H])c2c([2H])c([2H])c(-c4c([2H])c([2H])c(C(F)(F)F)c(C)c4[2H])c([2H])c2[2H])C([2H])([2H])C([2H])([2H])N(C([2H])([2H])C)C([2H])([2H])C)CCC3)c([2H])c([2H])c1F.[2H]c1c([2H])c(CSc2nc(=O)c3c(n2CC(=O)N(C([2H])([2H])c2ccc(-c4ccc(C(F)(F)F)cc4)cc2)C([2H])([2H])C([2H])([2H])N(C([2H])([2H])C)C([2H])([2H])C)C([2H])([2H])C([2H])(C)C3([2H])[2H])c([2H])c([2H])c1F. The third-order valence-electron chi connectivity index (χ3n) is 13.5. The highest BCUT2D eigenvalue weighted by atomic mass is 32.2. The molecule has 2 amide bonds. The number of carbonyl (C=O) groups is 2. The van der Waals surface area contributed by atoms with Gasteiger partial charge in [0.2, 0.25) is 11.8 Å². The highest BCUT2D eigenvalue weighted by Crippen LogP contribution is 2.36. The minimum absolute atomic E-state index is 0.00246. The van der Waals surface area contributed by atoms with E-state index in [1.54, 1.807) is 0 Å². The molecular formula is C74H80F8N8O4S2. The molecule has 0 saturated carbocycles. The van der Waals surface area contributed by atoms with E-state index < -0.39 is 327 Å². The predicted molar refractivity (Wildman–Crippen MR) is 362 cm³/mol. The number of amides is 2. The van der Waals surface area contributed by atoms with Gasteiger partial charge in [0.15, 0.2) is 10.3 Å². The Balaban J connectivity index is 0.000000305. The molecule has 0 radical (unpaired) electrons. The van der Waals surface area contributed by atoms with Gasteiger partial charge in [-0.05, 0) is 163 Å². The molecule has 0 N–H and O–H groups in total. The highest BCUT2D eigenvalue weighted by Gasteiger charge is 2.34. The maximum absolute atomic E-state index is 15.1. The number of nitrogens with zero attached hydrogens (tertiary/aromatic N) is 8. The van der Waals surface area contributed by atoms with Crippen LogP contribution in [0.3, 0.4) is 0 Å². The van der Waals surface area contributed by atoms with Crippen molar-refractivity contribution in [2.75, 3.05) is 52.0 Å². The number of alkyl halides is 6. The monoisotopic (exact) mass is 1400 g/mol. The fourth-order valence-electron chi connectivity index (χ4n) is 8.95. The van der Waals surface area contributed by atoms with Gasteiger partial charge in [-0.3, -0.25) is 19.2 Å². The number of hydrogen-bond acceptors (Lipinski definition) is 10. The summed E-state index contributed by atoms with van der Waals surface area (Å²) in [7, 11) is 0. The molecule has 2 aliphatic carbocycles. The molecule has 0 fully saturated rings. The molecule has 0 spiro atoms.